The van der Waals surface area contributed by atoms with Crippen LogP contribution in [0.25, 0.3) is 11.2 Å². The first-order valence-electron chi connectivity index (χ1n) is 11.1. The number of urea groups is 1. The lowest BCUT2D eigenvalue weighted by Gasteiger charge is -2.33. The molecule has 1 atom stereocenters. The number of methoxy groups -OCH3 is 1. The average molecular weight is 420 g/mol. The first-order valence-corrected chi connectivity index (χ1v) is 11.1. The number of aryl methyl sites for hydroxylation is 1. The van der Waals surface area contributed by atoms with Crippen molar-refractivity contribution >= 4 is 22.9 Å². The zero-order chi connectivity index (χ0) is 21.4. The van der Waals surface area contributed by atoms with Crippen LogP contribution in [0.3, 0.4) is 0 Å². The van der Waals surface area contributed by atoms with E-state index in [0.29, 0.717) is 11.8 Å². The molecular formula is C24H29N5O2. The Bertz CT molecular complexity index is 1100. The Morgan fingerprint density at radius 2 is 2.13 bits per heavy atom. The number of hydrogen-bond donors (Lipinski definition) is 1. The van der Waals surface area contributed by atoms with Gasteiger partial charge in [0, 0.05) is 37.4 Å². The van der Waals surface area contributed by atoms with E-state index in [1.165, 1.54) is 18.7 Å². The summed E-state index contributed by atoms with van der Waals surface area (Å²) < 4.78 is 7.57. The molecule has 0 bridgehead atoms. The SMILES string of the molecule is COc1ccc(NC(=O)N2CCCC(Cn3c(C4CC4)nc4cccnc43)C2)c(C)c1. The maximum atomic E-state index is 13.0. The molecule has 1 saturated heterocycles. The third-order valence-corrected chi connectivity index (χ3v) is 6.40. The van der Waals surface area contributed by atoms with E-state index in [-0.39, 0.29) is 6.03 Å². The lowest BCUT2D eigenvalue weighted by Crippen LogP contribution is -2.43. The highest BCUT2D eigenvalue weighted by molar-refractivity contribution is 5.90. The van der Waals surface area contributed by atoms with Crippen LogP contribution in [-0.2, 0) is 6.54 Å². The van der Waals surface area contributed by atoms with E-state index in [1.54, 1.807) is 7.11 Å². The van der Waals surface area contributed by atoms with Gasteiger partial charge in [-0.1, -0.05) is 0 Å². The predicted octanol–water partition coefficient (Wildman–Crippen LogP) is 4.57. The van der Waals surface area contributed by atoms with Crippen LogP contribution in [0, 0.1) is 12.8 Å². The molecule has 0 radical (unpaired) electrons. The largest absolute Gasteiger partial charge is 0.497 e. The maximum Gasteiger partial charge on any atom is 0.321 e. The number of pyridine rings is 1. The lowest BCUT2D eigenvalue weighted by atomic mass is 9.98. The van der Waals surface area contributed by atoms with Gasteiger partial charge in [0.1, 0.15) is 17.1 Å². The molecule has 7 heteroatoms. The molecule has 1 N–H and O–H groups in total. The van der Waals surface area contributed by atoms with Crippen LogP contribution in [0.15, 0.2) is 36.5 Å². The number of carbonyl (C=O) groups excluding carboxylic acids is 1. The highest BCUT2D eigenvalue weighted by Gasteiger charge is 2.32. The molecule has 2 fully saturated rings. The highest BCUT2D eigenvalue weighted by Crippen LogP contribution is 2.41. The van der Waals surface area contributed by atoms with E-state index in [2.05, 4.69) is 14.9 Å². The summed E-state index contributed by atoms with van der Waals surface area (Å²) in [6.07, 6.45) is 6.39. The number of likely N-dealkylation sites (tertiary alicyclic amines) is 1. The number of ether oxygens (including phenoxy) is 1. The molecule has 2 amide bonds. The van der Waals surface area contributed by atoms with Crippen molar-refractivity contribution in [1.29, 1.82) is 0 Å². The number of anilines is 1. The van der Waals surface area contributed by atoms with Gasteiger partial charge in [-0.15, -0.1) is 0 Å². The first-order chi connectivity index (χ1) is 15.1. The van der Waals surface area contributed by atoms with Crippen LogP contribution in [0.5, 0.6) is 5.75 Å². The van der Waals surface area contributed by atoms with Crippen LogP contribution in [0.1, 0.15) is 43.0 Å². The summed E-state index contributed by atoms with van der Waals surface area (Å²) in [5.74, 6) is 2.92. The quantitative estimate of drug-likeness (QED) is 0.658. The fourth-order valence-corrected chi connectivity index (χ4v) is 4.56. The Morgan fingerprint density at radius 1 is 1.26 bits per heavy atom. The molecule has 1 unspecified atom stereocenters. The van der Waals surface area contributed by atoms with E-state index >= 15 is 0 Å². The van der Waals surface area contributed by atoms with Crippen molar-refractivity contribution in [2.75, 3.05) is 25.5 Å². The number of hydrogen-bond acceptors (Lipinski definition) is 4. The van der Waals surface area contributed by atoms with E-state index in [9.17, 15) is 4.79 Å². The summed E-state index contributed by atoms with van der Waals surface area (Å²) in [4.78, 5) is 24.4. The Labute approximate surface area is 182 Å². The van der Waals surface area contributed by atoms with Crippen LogP contribution in [0.2, 0.25) is 0 Å². The lowest BCUT2D eigenvalue weighted by molar-refractivity contribution is 0.170. The van der Waals surface area contributed by atoms with Crippen molar-refractivity contribution < 1.29 is 9.53 Å². The summed E-state index contributed by atoms with van der Waals surface area (Å²) >= 11 is 0. The number of nitrogens with zero attached hydrogens (tertiary/aromatic N) is 4. The molecule has 1 saturated carbocycles. The summed E-state index contributed by atoms with van der Waals surface area (Å²) in [5.41, 5.74) is 3.77. The zero-order valence-corrected chi connectivity index (χ0v) is 18.2. The molecule has 7 nitrogen and oxygen atoms in total. The number of benzene rings is 1. The highest BCUT2D eigenvalue weighted by atomic mass is 16.5. The molecule has 2 aromatic heterocycles. The van der Waals surface area contributed by atoms with Crippen molar-refractivity contribution in [3.63, 3.8) is 0 Å². The number of imidazole rings is 1. The van der Waals surface area contributed by atoms with Crippen molar-refractivity contribution in [3.05, 3.63) is 47.9 Å². The molecule has 31 heavy (non-hydrogen) atoms. The number of amides is 2. The molecule has 1 aliphatic heterocycles. The average Bonchev–Trinajstić information content (AvgIpc) is 3.58. The minimum absolute atomic E-state index is 0.0333. The molecule has 1 aromatic carbocycles. The van der Waals surface area contributed by atoms with Gasteiger partial charge in [-0.2, -0.15) is 0 Å². The minimum Gasteiger partial charge on any atom is -0.497 e. The second kappa shape index (κ2) is 8.21. The number of nitrogens with one attached hydrogen (secondary N) is 1. The second-order valence-electron chi connectivity index (χ2n) is 8.77. The zero-order valence-electron chi connectivity index (χ0n) is 18.2. The van der Waals surface area contributed by atoms with Crippen molar-refractivity contribution in [2.45, 2.75) is 45.1 Å². The van der Waals surface area contributed by atoms with Gasteiger partial charge in [0.05, 0.1) is 7.11 Å². The van der Waals surface area contributed by atoms with Crippen LogP contribution in [-0.4, -0.2) is 45.7 Å². The van der Waals surface area contributed by atoms with E-state index in [4.69, 9.17) is 9.72 Å². The van der Waals surface area contributed by atoms with Gasteiger partial charge in [-0.3, -0.25) is 0 Å². The van der Waals surface area contributed by atoms with Gasteiger partial charge < -0.3 is 19.5 Å². The number of aromatic nitrogens is 3. The Kier molecular flexibility index (Phi) is 5.26. The Hall–Kier alpha value is -3.09. The van der Waals surface area contributed by atoms with Crippen molar-refractivity contribution in [1.82, 2.24) is 19.4 Å². The van der Waals surface area contributed by atoms with Gasteiger partial charge in [0.2, 0.25) is 0 Å². The molecular weight excluding hydrogens is 390 g/mol. The molecule has 5 rings (SSSR count). The molecule has 162 valence electrons. The summed E-state index contributed by atoms with van der Waals surface area (Å²) in [5, 5.41) is 3.08. The molecule has 0 spiro atoms. The fraction of sp³-hybridized carbons (Fsp3) is 0.458. The third-order valence-electron chi connectivity index (χ3n) is 6.40. The van der Waals surface area contributed by atoms with Gasteiger partial charge in [0.15, 0.2) is 5.65 Å². The number of fused-ring (bicyclic) bond motifs is 1. The minimum atomic E-state index is -0.0333. The monoisotopic (exact) mass is 419 g/mol. The summed E-state index contributed by atoms with van der Waals surface area (Å²) in [6, 6.07) is 9.67. The normalized spacial score (nSPS) is 18.9. The van der Waals surface area contributed by atoms with E-state index in [0.717, 1.165) is 60.6 Å². The summed E-state index contributed by atoms with van der Waals surface area (Å²) in [7, 11) is 1.65. The fourth-order valence-electron chi connectivity index (χ4n) is 4.56. The first kappa shape index (κ1) is 19.8. The molecule has 3 aromatic rings. The molecule has 1 aliphatic carbocycles. The topological polar surface area (TPSA) is 72.3 Å². The van der Waals surface area contributed by atoms with Gasteiger partial charge in [-0.05, 0) is 74.4 Å². The molecule has 3 heterocycles. The number of carbonyl (C=O) groups is 1. The number of rotatable bonds is 5. The predicted molar refractivity (Wildman–Crippen MR) is 121 cm³/mol. The van der Waals surface area contributed by atoms with E-state index in [1.807, 2.05) is 48.4 Å². The van der Waals surface area contributed by atoms with E-state index < -0.39 is 0 Å². The maximum absolute atomic E-state index is 13.0. The smallest absolute Gasteiger partial charge is 0.321 e. The van der Waals surface area contributed by atoms with Crippen molar-refractivity contribution in [2.24, 2.45) is 5.92 Å². The number of piperidine rings is 1. The standard InChI is InChI=1S/C24H29N5O2/c1-16-13-19(31-2)9-10-20(16)27-24(30)28-12-4-5-17(14-28)15-29-22(18-7-8-18)26-21-6-3-11-25-23(21)29/h3,6,9-11,13,17-18H,4-5,7-8,12,14-15H2,1-2H3,(H,27,30). The Balaban J connectivity index is 1.29. The summed E-state index contributed by atoms with van der Waals surface area (Å²) in [6.45, 7) is 4.38. The second-order valence-corrected chi connectivity index (χ2v) is 8.77. The van der Waals surface area contributed by atoms with Crippen LogP contribution < -0.4 is 10.1 Å². The molecule has 2 aliphatic rings. The van der Waals surface area contributed by atoms with Crippen LogP contribution >= 0.6 is 0 Å². The van der Waals surface area contributed by atoms with Gasteiger partial charge in [0.25, 0.3) is 0 Å². The van der Waals surface area contributed by atoms with Gasteiger partial charge in [-0.25, -0.2) is 14.8 Å². The van der Waals surface area contributed by atoms with Gasteiger partial charge >= 0.3 is 6.03 Å². The Morgan fingerprint density at radius 3 is 2.90 bits per heavy atom. The van der Waals surface area contributed by atoms with Crippen LogP contribution in [0.4, 0.5) is 10.5 Å². The van der Waals surface area contributed by atoms with Crippen molar-refractivity contribution in [3.8, 4) is 5.75 Å². The third kappa shape index (κ3) is 4.09.